The number of carbonyl (C=O) groups excluding carboxylic acids is 2. The van der Waals surface area contributed by atoms with Gasteiger partial charge in [-0.25, -0.2) is 0 Å². The number of nitrogens with zero attached hydrogens (tertiary/aromatic N) is 3. The molecule has 11 heteroatoms. The van der Waals surface area contributed by atoms with E-state index in [9.17, 15) is 19.7 Å². The van der Waals surface area contributed by atoms with Crippen molar-refractivity contribution in [3.8, 4) is 11.5 Å². The molecule has 0 saturated carbocycles. The van der Waals surface area contributed by atoms with Gasteiger partial charge in [-0.2, -0.15) is 0 Å². The summed E-state index contributed by atoms with van der Waals surface area (Å²) in [5.41, 5.74) is 1.26. The van der Waals surface area contributed by atoms with Crippen molar-refractivity contribution < 1.29 is 33.1 Å². The molecule has 1 aliphatic heterocycles. The molecule has 39 heavy (non-hydrogen) atoms. The number of nitro groups is 1. The number of ether oxygens (including phenoxy) is 3. The molecular weight excluding hydrogens is 506 g/mol. The van der Waals surface area contributed by atoms with E-state index in [1.807, 2.05) is 19.1 Å². The number of fused-ring (bicyclic) bond motifs is 1. The minimum absolute atomic E-state index is 0.143. The van der Waals surface area contributed by atoms with Crippen LogP contribution in [-0.2, 0) is 22.6 Å². The van der Waals surface area contributed by atoms with E-state index in [1.54, 1.807) is 30.0 Å². The highest BCUT2D eigenvalue weighted by atomic mass is 16.7. The van der Waals surface area contributed by atoms with Crippen molar-refractivity contribution in [2.45, 2.75) is 33.4 Å². The summed E-state index contributed by atoms with van der Waals surface area (Å²) < 4.78 is 21.8. The summed E-state index contributed by atoms with van der Waals surface area (Å²) >= 11 is 0. The maximum absolute atomic E-state index is 13.7. The third kappa shape index (κ3) is 7.14. The molecule has 0 saturated heterocycles. The Morgan fingerprint density at radius 2 is 1.87 bits per heavy atom. The van der Waals surface area contributed by atoms with Crippen molar-refractivity contribution in [2.75, 3.05) is 33.1 Å². The number of hydrogen-bond acceptors (Lipinski definition) is 8. The van der Waals surface area contributed by atoms with E-state index in [4.69, 9.17) is 18.6 Å². The quantitative estimate of drug-likeness (QED) is 0.179. The highest BCUT2D eigenvalue weighted by molar-refractivity contribution is 5.97. The zero-order valence-electron chi connectivity index (χ0n) is 22.0. The van der Waals surface area contributed by atoms with E-state index in [0.29, 0.717) is 42.5 Å². The first-order valence-corrected chi connectivity index (χ1v) is 12.7. The standard InChI is InChI=1S/C28H31N3O8/c1-3-36-12-5-11-29(28(33)22-9-7-20(2)24(15-22)31(34)35)18-27(32)30(17-23-6-4-13-37-23)16-21-8-10-25-26(14-21)39-19-38-25/h4,6-10,13-15H,3,5,11-12,16-19H2,1-2H3. The van der Waals surface area contributed by atoms with Crippen molar-refractivity contribution in [1.82, 2.24) is 9.80 Å². The second kappa shape index (κ2) is 12.9. The van der Waals surface area contributed by atoms with E-state index >= 15 is 0 Å². The van der Waals surface area contributed by atoms with Crippen LogP contribution >= 0.6 is 0 Å². The average molecular weight is 538 g/mol. The molecule has 3 aromatic rings. The number of rotatable bonds is 13. The predicted octanol–water partition coefficient (Wildman–Crippen LogP) is 4.32. The zero-order valence-corrected chi connectivity index (χ0v) is 22.0. The fourth-order valence-corrected chi connectivity index (χ4v) is 4.22. The highest BCUT2D eigenvalue weighted by Crippen LogP contribution is 2.33. The average Bonchev–Trinajstić information content (AvgIpc) is 3.61. The molecule has 2 amide bonds. The first-order valence-electron chi connectivity index (χ1n) is 12.7. The first-order chi connectivity index (χ1) is 18.9. The summed E-state index contributed by atoms with van der Waals surface area (Å²) in [4.78, 5) is 41.1. The lowest BCUT2D eigenvalue weighted by Gasteiger charge is -2.27. The molecule has 2 heterocycles. The monoisotopic (exact) mass is 537 g/mol. The van der Waals surface area contributed by atoms with Crippen molar-refractivity contribution in [2.24, 2.45) is 0 Å². The number of furan rings is 1. The second-order valence-electron chi connectivity index (χ2n) is 9.05. The molecule has 0 aliphatic carbocycles. The predicted molar refractivity (Wildman–Crippen MR) is 140 cm³/mol. The molecule has 0 bridgehead atoms. The van der Waals surface area contributed by atoms with Gasteiger partial charge in [0.25, 0.3) is 11.6 Å². The van der Waals surface area contributed by atoms with Crippen LogP contribution < -0.4 is 9.47 Å². The van der Waals surface area contributed by atoms with Gasteiger partial charge in [-0.3, -0.25) is 19.7 Å². The number of benzene rings is 2. The number of amides is 2. The van der Waals surface area contributed by atoms with Crippen LogP contribution in [0.2, 0.25) is 0 Å². The van der Waals surface area contributed by atoms with E-state index in [0.717, 1.165) is 5.56 Å². The van der Waals surface area contributed by atoms with Crippen LogP contribution in [0.4, 0.5) is 5.69 Å². The van der Waals surface area contributed by atoms with Gasteiger partial charge in [-0.05, 0) is 56.2 Å². The zero-order chi connectivity index (χ0) is 27.8. The molecule has 0 fully saturated rings. The molecule has 0 spiro atoms. The van der Waals surface area contributed by atoms with Crippen molar-refractivity contribution in [3.05, 3.63) is 87.4 Å². The molecule has 0 atom stereocenters. The molecule has 0 N–H and O–H groups in total. The highest BCUT2D eigenvalue weighted by Gasteiger charge is 2.25. The molecule has 2 aromatic carbocycles. The summed E-state index contributed by atoms with van der Waals surface area (Å²) in [6.45, 7) is 5.02. The summed E-state index contributed by atoms with van der Waals surface area (Å²) in [6.07, 6.45) is 2.04. The van der Waals surface area contributed by atoms with Crippen LogP contribution in [-0.4, -0.2) is 59.6 Å². The normalized spacial score (nSPS) is 11.8. The topological polar surface area (TPSA) is 125 Å². The molecule has 0 radical (unpaired) electrons. The Balaban J connectivity index is 1.56. The van der Waals surface area contributed by atoms with Crippen molar-refractivity contribution in [3.63, 3.8) is 0 Å². The van der Waals surface area contributed by atoms with Crippen molar-refractivity contribution >= 4 is 17.5 Å². The maximum Gasteiger partial charge on any atom is 0.273 e. The molecule has 1 aromatic heterocycles. The van der Waals surface area contributed by atoms with Gasteiger partial charge in [-0.15, -0.1) is 0 Å². The van der Waals surface area contributed by atoms with Gasteiger partial charge in [0.1, 0.15) is 12.3 Å². The van der Waals surface area contributed by atoms with Crippen LogP contribution in [0.3, 0.4) is 0 Å². The fraction of sp³-hybridized carbons (Fsp3) is 0.357. The lowest BCUT2D eigenvalue weighted by atomic mass is 10.1. The van der Waals surface area contributed by atoms with Crippen LogP contribution in [0.15, 0.2) is 59.2 Å². The van der Waals surface area contributed by atoms with Gasteiger partial charge in [0.15, 0.2) is 11.5 Å². The minimum Gasteiger partial charge on any atom is -0.467 e. The SMILES string of the molecule is CCOCCCN(CC(=O)N(Cc1ccc2c(c1)OCO2)Cc1ccco1)C(=O)c1ccc(C)c([N+](=O)[O-])c1. The van der Waals surface area contributed by atoms with Gasteiger partial charge < -0.3 is 28.4 Å². The summed E-state index contributed by atoms with van der Waals surface area (Å²) in [5.74, 6) is 1.06. The van der Waals surface area contributed by atoms with E-state index in [-0.39, 0.29) is 50.1 Å². The van der Waals surface area contributed by atoms with Crippen LogP contribution in [0, 0.1) is 17.0 Å². The van der Waals surface area contributed by atoms with E-state index < -0.39 is 10.8 Å². The Morgan fingerprint density at radius 1 is 1.05 bits per heavy atom. The number of aryl methyl sites for hydroxylation is 1. The van der Waals surface area contributed by atoms with Gasteiger partial charge >= 0.3 is 0 Å². The second-order valence-corrected chi connectivity index (χ2v) is 9.05. The Bertz CT molecular complexity index is 1310. The van der Waals surface area contributed by atoms with Gasteiger partial charge in [0.05, 0.1) is 17.7 Å². The number of nitro benzene ring substituents is 1. The maximum atomic E-state index is 13.7. The Hall–Kier alpha value is -4.38. The Kier molecular flexibility index (Phi) is 9.16. The first kappa shape index (κ1) is 27.6. The summed E-state index contributed by atoms with van der Waals surface area (Å²) in [5, 5.41) is 11.5. The summed E-state index contributed by atoms with van der Waals surface area (Å²) in [7, 11) is 0. The molecule has 4 rings (SSSR count). The van der Waals surface area contributed by atoms with Crippen molar-refractivity contribution in [1.29, 1.82) is 0 Å². The molecular formula is C28H31N3O8. The third-order valence-electron chi connectivity index (χ3n) is 6.28. The largest absolute Gasteiger partial charge is 0.467 e. The lowest BCUT2D eigenvalue weighted by molar-refractivity contribution is -0.385. The lowest BCUT2D eigenvalue weighted by Crippen LogP contribution is -2.43. The van der Waals surface area contributed by atoms with Crippen LogP contribution in [0.25, 0.3) is 0 Å². The van der Waals surface area contributed by atoms with Gasteiger partial charge in [-0.1, -0.05) is 12.1 Å². The summed E-state index contributed by atoms with van der Waals surface area (Å²) in [6, 6.07) is 13.3. The molecule has 11 nitrogen and oxygen atoms in total. The number of carbonyl (C=O) groups is 2. The molecule has 1 aliphatic rings. The Morgan fingerprint density at radius 3 is 2.62 bits per heavy atom. The third-order valence-corrected chi connectivity index (χ3v) is 6.28. The fourth-order valence-electron chi connectivity index (χ4n) is 4.22. The van der Waals surface area contributed by atoms with Gasteiger partial charge in [0.2, 0.25) is 12.7 Å². The van der Waals surface area contributed by atoms with E-state index in [2.05, 4.69) is 0 Å². The molecule has 0 unspecified atom stereocenters. The molecule has 206 valence electrons. The minimum atomic E-state index is -0.521. The van der Waals surface area contributed by atoms with Crippen LogP contribution in [0.1, 0.15) is 40.6 Å². The smallest absolute Gasteiger partial charge is 0.273 e. The van der Waals surface area contributed by atoms with Gasteiger partial charge in [0, 0.05) is 43.5 Å². The van der Waals surface area contributed by atoms with E-state index in [1.165, 1.54) is 29.4 Å². The Labute approximate surface area is 226 Å². The number of hydrogen-bond donors (Lipinski definition) is 0. The van der Waals surface area contributed by atoms with Crippen LogP contribution in [0.5, 0.6) is 11.5 Å².